The van der Waals surface area contributed by atoms with Crippen LogP contribution in [0, 0.1) is 0 Å². The number of phosphoric ester groups is 2. The standard InChI is InChI=1S/C87H150O17P2/c1-5-9-13-17-21-25-29-33-36-38-40-42-45-49-52-56-60-64-68-72-85(90)98-78-83(104-87(92)74-70-66-62-58-54-50-46-43-41-39-37-34-30-26-22-18-14-10-6-2)80-102-106(95,96)100-76-81(88)75-99-105(93,94)101-79-82(103-86(91)73-69-65-61-57-53-47-32-28-24-20-16-12-8-4)77-97-84(89)71-67-63-59-55-51-48-44-35-31-27-23-19-15-11-7-3/h9,13,21-22,25-26,28,32-34,36-37,40-43,49,52,60,64,81-83,88H,5-8,10-12,14-20,23-24,27,29-31,35,38-39,44-48,50-51,53-59,61-63,65-80H2,1-4H3,(H,93,94)(H,95,96)/b13-9-,25-21-,26-22-,32-28-,36-33-,37-34-,42-40-,43-41-,52-49-,64-60-. The van der Waals surface area contributed by atoms with Gasteiger partial charge in [-0.15, -0.1) is 0 Å². The second-order valence-corrected chi connectivity index (χ2v) is 30.6. The predicted octanol–water partition coefficient (Wildman–Crippen LogP) is 24.7. The van der Waals surface area contributed by atoms with Gasteiger partial charge in [-0.2, -0.15) is 0 Å². The van der Waals surface area contributed by atoms with E-state index in [4.69, 9.17) is 37.0 Å². The number of esters is 4. The van der Waals surface area contributed by atoms with Gasteiger partial charge in [0, 0.05) is 25.7 Å². The lowest BCUT2D eigenvalue weighted by Crippen LogP contribution is -2.30. The van der Waals surface area contributed by atoms with Crippen molar-refractivity contribution >= 4 is 39.5 Å². The van der Waals surface area contributed by atoms with Gasteiger partial charge < -0.3 is 33.8 Å². The first kappa shape index (κ1) is 101. The molecule has 5 unspecified atom stereocenters. The first-order valence-electron chi connectivity index (χ1n) is 41.8. The Hall–Kier alpha value is -4.54. The predicted molar refractivity (Wildman–Crippen MR) is 436 cm³/mol. The number of hydrogen-bond donors (Lipinski definition) is 3. The van der Waals surface area contributed by atoms with Gasteiger partial charge in [-0.3, -0.25) is 37.3 Å². The van der Waals surface area contributed by atoms with Gasteiger partial charge in [-0.1, -0.05) is 316 Å². The van der Waals surface area contributed by atoms with Crippen LogP contribution in [-0.4, -0.2) is 96.7 Å². The number of phosphoric acid groups is 2. The summed E-state index contributed by atoms with van der Waals surface area (Å²) < 4.78 is 68.6. The number of carbonyl (C=O) groups excluding carboxylic acids is 4. The normalized spacial score (nSPS) is 14.4. The average Bonchev–Trinajstić information content (AvgIpc) is 0.903. The molecule has 0 aliphatic heterocycles. The summed E-state index contributed by atoms with van der Waals surface area (Å²) in [6.45, 7) is 4.66. The van der Waals surface area contributed by atoms with Crippen LogP contribution in [-0.2, 0) is 65.4 Å². The molecule has 0 rings (SSSR count). The van der Waals surface area contributed by atoms with Crippen LogP contribution in [0.1, 0.15) is 349 Å². The van der Waals surface area contributed by atoms with E-state index in [1.807, 2.05) is 18.2 Å². The van der Waals surface area contributed by atoms with Gasteiger partial charge in [0.1, 0.15) is 19.3 Å². The van der Waals surface area contributed by atoms with Gasteiger partial charge in [0.2, 0.25) is 0 Å². The Morgan fingerprint density at radius 1 is 0.274 bits per heavy atom. The van der Waals surface area contributed by atoms with Gasteiger partial charge in [0.25, 0.3) is 0 Å². The average molecular weight is 1530 g/mol. The van der Waals surface area contributed by atoms with E-state index in [-0.39, 0.29) is 25.7 Å². The number of ether oxygens (including phenoxy) is 4. The molecule has 17 nitrogen and oxygen atoms in total. The van der Waals surface area contributed by atoms with Crippen LogP contribution in [0.3, 0.4) is 0 Å². The number of aliphatic hydroxyl groups is 1. The molecule has 0 saturated heterocycles. The second kappa shape index (κ2) is 78.6. The highest BCUT2D eigenvalue weighted by atomic mass is 31.2. The molecule has 0 aromatic carbocycles. The molecule has 0 spiro atoms. The minimum absolute atomic E-state index is 0.0311. The molecule has 0 saturated carbocycles. The molecule has 0 fully saturated rings. The van der Waals surface area contributed by atoms with Gasteiger partial charge in [0.05, 0.1) is 26.4 Å². The third-order valence-corrected chi connectivity index (χ3v) is 19.3. The van der Waals surface area contributed by atoms with Crippen molar-refractivity contribution in [3.8, 4) is 0 Å². The molecule has 0 aliphatic carbocycles. The van der Waals surface area contributed by atoms with E-state index in [2.05, 4.69) is 131 Å². The molecule has 0 heterocycles. The number of unbranched alkanes of at least 4 members (excludes halogenated alkanes) is 32. The number of aliphatic hydroxyl groups excluding tert-OH is 1. The van der Waals surface area contributed by atoms with E-state index in [1.54, 1.807) is 0 Å². The monoisotopic (exact) mass is 1530 g/mol. The number of hydrogen-bond acceptors (Lipinski definition) is 15. The summed E-state index contributed by atoms with van der Waals surface area (Å²) in [5, 5.41) is 10.7. The number of allylic oxidation sites excluding steroid dienone is 20. The highest BCUT2D eigenvalue weighted by Crippen LogP contribution is 2.45. The van der Waals surface area contributed by atoms with Gasteiger partial charge in [0.15, 0.2) is 12.2 Å². The lowest BCUT2D eigenvalue weighted by molar-refractivity contribution is -0.161. The van der Waals surface area contributed by atoms with Crippen molar-refractivity contribution in [3.05, 3.63) is 122 Å². The highest BCUT2D eigenvalue weighted by Gasteiger charge is 2.30. The van der Waals surface area contributed by atoms with E-state index < -0.39 is 97.5 Å². The minimum Gasteiger partial charge on any atom is -0.462 e. The Labute approximate surface area is 644 Å². The molecule has 3 N–H and O–H groups in total. The van der Waals surface area contributed by atoms with Crippen LogP contribution in [0.2, 0.25) is 0 Å². The molecule has 0 aromatic rings. The molecule has 5 atom stereocenters. The smallest absolute Gasteiger partial charge is 0.462 e. The fraction of sp³-hybridized carbons (Fsp3) is 0.724. The maximum absolute atomic E-state index is 13.1. The highest BCUT2D eigenvalue weighted by molar-refractivity contribution is 7.47. The Morgan fingerprint density at radius 3 is 0.849 bits per heavy atom. The molecule has 0 amide bonds. The van der Waals surface area contributed by atoms with Crippen LogP contribution in [0.25, 0.3) is 0 Å². The third kappa shape index (κ3) is 77.6. The summed E-state index contributed by atoms with van der Waals surface area (Å²) in [4.78, 5) is 73.1. The minimum atomic E-state index is -5.00. The van der Waals surface area contributed by atoms with E-state index in [1.165, 1.54) is 116 Å². The van der Waals surface area contributed by atoms with Crippen LogP contribution < -0.4 is 0 Å². The summed E-state index contributed by atoms with van der Waals surface area (Å²) in [6.07, 6.45) is 87.5. The number of rotatable bonds is 78. The maximum Gasteiger partial charge on any atom is 0.472 e. The van der Waals surface area contributed by atoms with Crippen LogP contribution >= 0.6 is 15.6 Å². The summed E-state index contributed by atoms with van der Waals surface area (Å²) in [7, 11) is -9.99. The molecular weight excluding hydrogens is 1380 g/mol. The number of carbonyl (C=O) groups is 4. The van der Waals surface area contributed by atoms with Crippen molar-refractivity contribution in [3.63, 3.8) is 0 Å². The molecule has 0 aromatic heterocycles. The second-order valence-electron chi connectivity index (χ2n) is 27.7. The summed E-state index contributed by atoms with van der Waals surface area (Å²) in [5.41, 5.74) is 0. The molecular formula is C87H150O17P2. The van der Waals surface area contributed by atoms with E-state index in [0.29, 0.717) is 32.1 Å². The summed E-state index contributed by atoms with van der Waals surface area (Å²) in [6, 6.07) is 0. The van der Waals surface area contributed by atoms with Crippen molar-refractivity contribution in [2.24, 2.45) is 0 Å². The van der Waals surface area contributed by atoms with Gasteiger partial charge >= 0.3 is 39.5 Å². The Morgan fingerprint density at radius 2 is 0.509 bits per heavy atom. The zero-order valence-electron chi connectivity index (χ0n) is 66.8. The first-order valence-corrected chi connectivity index (χ1v) is 44.8. The SMILES string of the molecule is CC/C=C\C/C=C\C/C=C\C/C=C\C/C=C\C/C=C\CCC(=O)OCC(COP(=O)(O)OCC(O)COP(=O)(O)OCC(COC(=O)CCCCCCCCCCCCCCCCC)OC(=O)CCCCCCC/C=C\CCCCCC)OC(=O)CCCCCCCC/C=C\C/C=C\C/C=C\CCCCC. The zero-order valence-corrected chi connectivity index (χ0v) is 68.6. The molecule has 19 heteroatoms. The van der Waals surface area contributed by atoms with Crippen molar-refractivity contribution in [2.45, 2.75) is 367 Å². The first-order chi connectivity index (χ1) is 51.7. The van der Waals surface area contributed by atoms with Crippen molar-refractivity contribution in [1.29, 1.82) is 0 Å². The summed E-state index contributed by atoms with van der Waals surface area (Å²) in [5.74, 6) is -2.28. The zero-order chi connectivity index (χ0) is 77.4. The molecule has 0 aliphatic rings. The fourth-order valence-electron chi connectivity index (χ4n) is 11.1. The Bertz CT molecular complexity index is 2480. The topological polar surface area (TPSA) is 237 Å². The molecule has 0 bridgehead atoms. The summed E-state index contributed by atoms with van der Waals surface area (Å²) >= 11 is 0. The lowest BCUT2D eigenvalue weighted by Gasteiger charge is -2.21. The Balaban J connectivity index is 5.43. The fourth-order valence-corrected chi connectivity index (χ4v) is 12.7. The largest absolute Gasteiger partial charge is 0.472 e. The molecule has 106 heavy (non-hydrogen) atoms. The Kier molecular flexibility index (Phi) is 75.2. The molecule has 610 valence electrons. The third-order valence-electron chi connectivity index (χ3n) is 17.4. The lowest BCUT2D eigenvalue weighted by atomic mass is 10.0. The van der Waals surface area contributed by atoms with E-state index in [0.717, 1.165) is 148 Å². The van der Waals surface area contributed by atoms with Crippen molar-refractivity contribution in [2.75, 3.05) is 39.6 Å². The van der Waals surface area contributed by atoms with Crippen LogP contribution in [0.15, 0.2) is 122 Å². The maximum atomic E-state index is 13.1. The van der Waals surface area contributed by atoms with Gasteiger partial charge in [-0.05, 0) is 128 Å². The van der Waals surface area contributed by atoms with Crippen molar-refractivity contribution in [1.82, 2.24) is 0 Å². The quantitative estimate of drug-likeness (QED) is 0.0169. The molecule has 0 radical (unpaired) electrons. The van der Waals surface area contributed by atoms with E-state index >= 15 is 0 Å². The van der Waals surface area contributed by atoms with Crippen LogP contribution in [0.5, 0.6) is 0 Å². The van der Waals surface area contributed by atoms with E-state index in [9.17, 15) is 43.2 Å². The van der Waals surface area contributed by atoms with Crippen molar-refractivity contribution < 1.29 is 80.2 Å². The van der Waals surface area contributed by atoms with Crippen LogP contribution in [0.4, 0.5) is 0 Å². The van der Waals surface area contributed by atoms with Gasteiger partial charge in [-0.25, -0.2) is 9.13 Å².